The molecule has 17 heavy (non-hydrogen) atoms. The number of anilines is 1. The van der Waals surface area contributed by atoms with Gasteiger partial charge in [-0.25, -0.2) is 0 Å². The molecule has 0 saturated heterocycles. The van der Waals surface area contributed by atoms with Crippen LogP contribution in [0.15, 0.2) is 18.2 Å². The number of hydrogen-bond donors (Lipinski definition) is 1. The summed E-state index contributed by atoms with van der Waals surface area (Å²) in [6.45, 7) is 2.73. The molecule has 0 radical (unpaired) electrons. The lowest BCUT2D eigenvalue weighted by molar-refractivity contribution is 0.191. The first kappa shape index (κ1) is 13.0. The molecule has 0 aliphatic heterocycles. The van der Waals surface area contributed by atoms with E-state index in [1.54, 1.807) is 19.2 Å². The van der Waals surface area contributed by atoms with Crippen molar-refractivity contribution in [2.24, 2.45) is 0 Å². The Bertz CT molecular complexity index is 457. The molecule has 88 valence electrons. The molecule has 1 aromatic carbocycles. The molecule has 1 unspecified atom stereocenters. The Morgan fingerprint density at radius 3 is 2.59 bits per heavy atom. The number of rotatable bonds is 5. The molecule has 0 aromatic heterocycles. The Labute approximate surface area is 101 Å². The zero-order valence-corrected chi connectivity index (χ0v) is 10.0. The van der Waals surface area contributed by atoms with E-state index in [2.05, 4.69) is 5.32 Å². The molecule has 1 aromatic rings. The Balaban J connectivity index is 2.74. The Morgan fingerprint density at radius 2 is 2.00 bits per heavy atom. The fourth-order valence-electron chi connectivity index (χ4n) is 1.48. The van der Waals surface area contributed by atoms with Gasteiger partial charge in [-0.2, -0.15) is 10.5 Å². The normalized spacial score (nSPS) is 11.3. The predicted octanol–water partition coefficient (Wildman–Crippen LogP) is 2.27. The van der Waals surface area contributed by atoms with Crippen molar-refractivity contribution in [2.75, 3.05) is 19.0 Å². The second-order valence-corrected chi connectivity index (χ2v) is 3.81. The van der Waals surface area contributed by atoms with Crippen molar-refractivity contribution in [1.29, 1.82) is 10.5 Å². The second-order valence-electron chi connectivity index (χ2n) is 3.81. The van der Waals surface area contributed by atoms with Gasteiger partial charge in [0.15, 0.2) is 0 Å². The summed E-state index contributed by atoms with van der Waals surface area (Å²) < 4.78 is 5.00. The molecule has 0 spiro atoms. The van der Waals surface area contributed by atoms with Gasteiger partial charge in [-0.3, -0.25) is 0 Å². The number of hydrogen-bond acceptors (Lipinski definition) is 4. The third kappa shape index (κ3) is 3.79. The number of methoxy groups -OCH3 is 1. The van der Waals surface area contributed by atoms with Crippen molar-refractivity contribution in [2.45, 2.75) is 19.4 Å². The van der Waals surface area contributed by atoms with E-state index in [-0.39, 0.29) is 6.04 Å². The van der Waals surface area contributed by atoms with Gasteiger partial charge in [0, 0.05) is 25.4 Å². The number of benzene rings is 1. The van der Waals surface area contributed by atoms with Crippen LogP contribution >= 0.6 is 0 Å². The standard InChI is InChI=1S/C13H15N3O/c1-10(5-6-17-2)16-13-4-3-11(8-14)12(7-13)9-15/h3-4,7,10,16H,5-6H2,1-2H3. The van der Waals surface area contributed by atoms with Gasteiger partial charge >= 0.3 is 0 Å². The summed E-state index contributed by atoms with van der Waals surface area (Å²) in [4.78, 5) is 0. The first-order chi connectivity index (χ1) is 8.21. The molecular formula is C13H15N3O. The molecule has 4 nitrogen and oxygen atoms in total. The highest BCUT2D eigenvalue weighted by atomic mass is 16.5. The molecule has 0 heterocycles. The molecule has 1 atom stereocenters. The van der Waals surface area contributed by atoms with Gasteiger partial charge in [0.2, 0.25) is 0 Å². The first-order valence-electron chi connectivity index (χ1n) is 5.41. The van der Waals surface area contributed by atoms with Crippen LogP contribution in [0.2, 0.25) is 0 Å². The number of nitriles is 2. The fourth-order valence-corrected chi connectivity index (χ4v) is 1.48. The third-order valence-electron chi connectivity index (χ3n) is 2.43. The zero-order chi connectivity index (χ0) is 12.7. The highest BCUT2D eigenvalue weighted by Gasteiger charge is 2.05. The fraction of sp³-hybridized carbons (Fsp3) is 0.385. The lowest BCUT2D eigenvalue weighted by atomic mass is 10.1. The molecule has 1 rings (SSSR count). The van der Waals surface area contributed by atoms with E-state index in [0.717, 1.165) is 12.1 Å². The van der Waals surface area contributed by atoms with Crippen molar-refractivity contribution in [1.82, 2.24) is 0 Å². The van der Waals surface area contributed by atoms with Gasteiger partial charge in [0.1, 0.15) is 12.1 Å². The van der Waals surface area contributed by atoms with Crippen LogP contribution in [0.5, 0.6) is 0 Å². The van der Waals surface area contributed by atoms with Crippen LogP contribution in [-0.2, 0) is 4.74 Å². The molecule has 0 saturated carbocycles. The summed E-state index contributed by atoms with van der Waals surface area (Å²) in [6.07, 6.45) is 0.887. The van der Waals surface area contributed by atoms with E-state index in [4.69, 9.17) is 15.3 Å². The highest BCUT2D eigenvalue weighted by molar-refractivity contribution is 5.56. The SMILES string of the molecule is COCCC(C)Nc1ccc(C#N)c(C#N)c1. The summed E-state index contributed by atoms with van der Waals surface area (Å²) in [7, 11) is 1.67. The van der Waals surface area contributed by atoms with E-state index >= 15 is 0 Å². The summed E-state index contributed by atoms with van der Waals surface area (Å²) in [5.74, 6) is 0. The van der Waals surface area contributed by atoms with E-state index in [1.807, 2.05) is 25.1 Å². The van der Waals surface area contributed by atoms with Crippen LogP contribution in [-0.4, -0.2) is 19.8 Å². The van der Waals surface area contributed by atoms with Gasteiger partial charge < -0.3 is 10.1 Å². The minimum absolute atomic E-state index is 0.259. The van der Waals surface area contributed by atoms with E-state index in [0.29, 0.717) is 17.7 Å². The Morgan fingerprint density at radius 1 is 1.29 bits per heavy atom. The van der Waals surface area contributed by atoms with Gasteiger partial charge in [-0.15, -0.1) is 0 Å². The second kappa shape index (κ2) is 6.52. The molecular weight excluding hydrogens is 214 g/mol. The number of nitrogens with zero attached hydrogens (tertiary/aromatic N) is 2. The quantitative estimate of drug-likeness (QED) is 0.840. The molecule has 0 bridgehead atoms. The van der Waals surface area contributed by atoms with Crippen molar-refractivity contribution in [3.8, 4) is 12.1 Å². The van der Waals surface area contributed by atoms with Crippen LogP contribution in [0, 0.1) is 22.7 Å². The van der Waals surface area contributed by atoms with Crippen molar-refractivity contribution >= 4 is 5.69 Å². The van der Waals surface area contributed by atoms with Gasteiger partial charge in [0.05, 0.1) is 11.1 Å². The topological polar surface area (TPSA) is 68.8 Å². The smallest absolute Gasteiger partial charge is 0.101 e. The van der Waals surface area contributed by atoms with Crippen LogP contribution in [0.3, 0.4) is 0 Å². The third-order valence-corrected chi connectivity index (χ3v) is 2.43. The molecule has 1 N–H and O–H groups in total. The molecule has 0 amide bonds. The van der Waals surface area contributed by atoms with Crippen LogP contribution < -0.4 is 5.32 Å². The Kier molecular flexibility index (Phi) is 5.00. The lowest BCUT2D eigenvalue weighted by Crippen LogP contribution is -2.17. The van der Waals surface area contributed by atoms with Crippen molar-refractivity contribution < 1.29 is 4.74 Å². The van der Waals surface area contributed by atoms with Gasteiger partial charge in [-0.1, -0.05) is 0 Å². The van der Waals surface area contributed by atoms with Gasteiger partial charge in [0.25, 0.3) is 0 Å². The minimum Gasteiger partial charge on any atom is -0.385 e. The maximum Gasteiger partial charge on any atom is 0.101 e. The summed E-state index contributed by atoms with van der Waals surface area (Å²) >= 11 is 0. The average molecular weight is 229 g/mol. The lowest BCUT2D eigenvalue weighted by Gasteiger charge is -2.15. The van der Waals surface area contributed by atoms with Crippen LogP contribution in [0.4, 0.5) is 5.69 Å². The Hall–Kier alpha value is -2.04. The maximum absolute atomic E-state index is 8.90. The van der Waals surface area contributed by atoms with Crippen LogP contribution in [0.1, 0.15) is 24.5 Å². The summed E-state index contributed by atoms with van der Waals surface area (Å²) in [5.41, 5.74) is 1.66. The number of ether oxygens (including phenoxy) is 1. The van der Waals surface area contributed by atoms with E-state index in [1.165, 1.54) is 0 Å². The summed E-state index contributed by atoms with van der Waals surface area (Å²) in [5, 5.41) is 21.0. The molecule has 4 heteroatoms. The predicted molar refractivity (Wildman–Crippen MR) is 65.4 cm³/mol. The van der Waals surface area contributed by atoms with E-state index < -0.39 is 0 Å². The molecule has 0 aliphatic carbocycles. The minimum atomic E-state index is 0.259. The molecule has 0 fully saturated rings. The number of nitrogens with one attached hydrogen (secondary N) is 1. The zero-order valence-electron chi connectivity index (χ0n) is 10.0. The monoisotopic (exact) mass is 229 g/mol. The average Bonchev–Trinajstić information content (AvgIpc) is 2.36. The largest absolute Gasteiger partial charge is 0.385 e. The summed E-state index contributed by atoms with van der Waals surface area (Å²) in [6, 6.07) is 9.43. The maximum atomic E-state index is 8.90. The molecule has 0 aliphatic rings. The van der Waals surface area contributed by atoms with Crippen LogP contribution in [0.25, 0.3) is 0 Å². The van der Waals surface area contributed by atoms with E-state index in [9.17, 15) is 0 Å². The first-order valence-corrected chi connectivity index (χ1v) is 5.41. The highest BCUT2D eigenvalue weighted by Crippen LogP contribution is 2.16. The van der Waals surface area contributed by atoms with Crippen molar-refractivity contribution in [3.63, 3.8) is 0 Å². The van der Waals surface area contributed by atoms with Gasteiger partial charge in [-0.05, 0) is 31.5 Å². The van der Waals surface area contributed by atoms with Crippen molar-refractivity contribution in [3.05, 3.63) is 29.3 Å².